The van der Waals surface area contributed by atoms with Gasteiger partial charge >= 0.3 is 5.97 Å². The summed E-state index contributed by atoms with van der Waals surface area (Å²) in [4.78, 5) is 15.9. The van der Waals surface area contributed by atoms with Crippen LogP contribution in [0.15, 0.2) is 17.0 Å². The SMILES string of the molecule is Cc1ccc(S(=O)(=O)N2CCC[C@H]2C(=O)O)c(O[C@@H]2CCC[C@H](CCNC3CCC(F)(F)CC3)C2)n1.Cl. The number of sulfonamides is 1. The Morgan fingerprint density at radius 3 is 2.62 bits per heavy atom. The summed E-state index contributed by atoms with van der Waals surface area (Å²) in [6, 6.07) is 2.13. The van der Waals surface area contributed by atoms with Crippen LogP contribution in [0.3, 0.4) is 0 Å². The van der Waals surface area contributed by atoms with E-state index in [4.69, 9.17) is 4.74 Å². The summed E-state index contributed by atoms with van der Waals surface area (Å²) >= 11 is 0. The van der Waals surface area contributed by atoms with Gasteiger partial charge in [0.1, 0.15) is 17.0 Å². The van der Waals surface area contributed by atoms with E-state index in [-0.39, 0.29) is 61.1 Å². The van der Waals surface area contributed by atoms with E-state index in [1.807, 2.05) is 0 Å². The average molecular weight is 566 g/mol. The highest BCUT2D eigenvalue weighted by atomic mass is 35.5. The Labute approximate surface area is 224 Å². The lowest BCUT2D eigenvalue weighted by molar-refractivity contribution is -0.140. The summed E-state index contributed by atoms with van der Waals surface area (Å²) < 4.78 is 60.8. The highest BCUT2D eigenvalue weighted by Gasteiger charge is 2.41. The van der Waals surface area contributed by atoms with Crippen LogP contribution in [-0.2, 0) is 14.8 Å². The Kier molecular flexibility index (Phi) is 10.2. The molecule has 2 saturated carbocycles. The quantitative estimate of drug-likeness (QED) is 0.452. The number of hydrogen-bond donors (Lipinski definition) is 2. The number of nitrogens with one attached hydrogen (secondary N) is 1. The second kappa shape index (κ2) is 12.5. The maximum absolute atomic E-state index is 13.4. The van der Waals surface area contributed by atoms with Gasteiger partial charge in [0.25, 0.3) is 0 Å². The molecule has 3 fully saturated rings. The van der Waals surface area contributed by atoms with Gasteiger partial charge in [-0.3, -0.25) is 4.79 Å². The summed E-state index contributed by atoms with van der Waals surface area (Å²) in [5.74, 6) is -3.24. The zero-order valence-electron chi connectivity index (χ0n) is 21.2. The molecule has 0 radical (unpaired) electrons. The minimum Gasteiger partial charge on any atom is -0.480 e. The number of nitrogens with zero attached hydrogens (tertiary/aromatic N) is 2. The lowest BCUT2D eigenvalue weighted by Crippen LogP contribution is -2.40. The number of carbonyl (C=O) groups is 1. The molecule has 37 heavy (non-hydrogen) atoms. The van der Waals surface area contributed by atoms with Crippen LogP contribution < -0.4 is 10.1 Å². The molecule has 1 aliphatic heterocycles. The van der Waals surface area contributed by atoms with E-state index in [1.165, 1.54) is 6.07 Å². The zero-order valence-corrected chi connectivity index (χ0v) is 22.8. The predicted octanol–water partition coefficient (Wildman–Crippen LogP) is 4.54. The van der Waals surface area contributed by atoms with Gasteiger partial charge in [-0.1, -0.05) is 6.42 Å². The van der Waals surface area contributed by atoms with Gasteiger partial charge in [-0.25, -0.2) is 22.2 Å². The topological polar surface area (TPSA) is 109 Å². The lowest BCUT2D eigenvalue weighted by Gasteiger charge is -2.32. The van der Waals surface area contributed by atoms with Crippen molar-refractivity contribution in [3.05, 3.63) is 17.8 Å². The third kappa shape index (κ3) is 7.52. The Morgan fingerprint density at radius 2 is 1.92 bits per heavy atom. The number of pyridine rings is 1. The normalized spacial score (nSPS) is 26.9. The molecule has 3 aliphatic rings. The van der Waals surface area contributed by atoms with Gasteiger partial charge in [0.2, 0.25) is 21.8 Å². The maximum atomic E-state index is 13.4. The molecule has 0 aromatic carbocycles. The molecule has 210 valence electrons. The summed E-state index contributed by atoms with van der Waals surface area (Å²) in [5.41, 5.74) is 0.620. The molecule has 8 nitrogen and oxygen atoms in total. The van der Waals surface area contributed by atoms with Crippen molar-refractivity contribution >= 4 is 28.4 Å². The Bertz CT molecular complexity index is 1040. The lowest BCUT2D eigenvalue weighted by atomic mass is 9.85. The van der Waals surface area contributed by atoms with E-state index >= 15 is 0 Å². The minimum atomic E-state index is -4.08. The van der Waals surface area contributed by atoms with Crippen LogP contribution in [-0.4, -0.2) is 66.0 Å². The largest absolute Gasteiger partial charge is 0.480 e. The van der Waals surface area contributed by atoms with Crippen molar-refractivity contribution in [3.63, 3.8) is 0 Å². The van der Waals surface area contributed by atoms with Crippen LogP contribution in [0.5, 0.6) is 5.88 Å². The summed E-state index contributed by atoms with van der Waals surface area (Å²) in [5, 5.41) is 12.9. The zero-order chi connectivity index (χ0) is 25.9. The first-order valence-corrected chi connectivity index (χ1v) is 14.5. The molecule has 0 amide bonds. The van der Waals surface area contributed by atoms with E-state index in [0.29, 0.717) is 30.9 Å². The Balaban J connectivity index is 0.00000380. The Hall–Kier alpha value is -1.56. The molecular formula is C25H38ClF2N3O5S. The van der Waals surface area contributed by atoms with Crippen molar-refractivity contribution < 1.29 is 31.8 Å². The average Bonchev–Trinajstić information content (AvgIpc) is 3.32. The molecule has 3 atom stereocenters. The molecule has 1 saturated heterocycles. The number of rotatable bonds is 9. The number of ether oxygens (including phenoxy) is 1. The smallest absolute Gasteiger partial charge is 0.322 e. The Morgan fingerprint density at radius 1 is 1.19 bits per heavy atom. The van der Waals surface area contributed by atoms with Crippen molar-refractivity contribution in [2.45, 2.75) is 107 Å². The van der Waals surface area contributed by atoms with Crippen LogP contribution in [0.25, 0.3) is 0 Å². The van der Waals surface area contributed by atoms with Crippen LogP contribution in [0.4, 0.5) is 8.78 Å². The van der Waals surface area contributed by atoms with Gasteiger partial charge in [0.05, 0.1) is 0 Å². The van der Waals surface area contributed by atoms with E-state index in [2.05, 4.69) is 10.3 Å². The maximum Gasteiger partial charge on any atom is 0.322 e. The molecule has 0 bridgehead atoms. The fourth-order valence-corrected chi connectivity index (χ4v) is 7.41. The first kappa shape index (κ1) is 30.0. The van der Waals surface area contributed by atoms with Gasteiger partial charge in [-0.15, -0.1) is 12.4 Å². The summed E-state index contributed by atoms with van der Waals surface area (Å²) in [6.07, 6.45) is 5.95. The third-order valence-corrected chi connectivity index (χ3v) is 9.68. The fraction of sp³-hybridized carbons (Fsp3) is 0.760. The second-order valence-electron chi connectivity index (χ2n) is 10.5. The molecular weight excluding hydrogens is 528 g/mol. The molecule has 2 heterocycles. The van der Waals surface area contributed by atoms with Crippen molar-refractivity contribution in [1.82, 2.24) is 14.6 Å². The van der Waals surface area contributed by atoms with Crippen LogP contribution in [0.1, 0.15) is 76.3 Å². The van der Waals surface area contributed by atoms with Crippen LogP contribution in [0, 0.1) is 12.8 Å². The highest BCUT2D eigenvalue weighted by molar-refractivity contribution is 7.89. The molecule has 2 N–H and O–H groups in total. The van der Waals surface area contributed by atoms with Gasteiger partial charge in [0.15, 0.2) is 0 Å². The van der Waals surface area contributed by atoms with E-state index in [1.54, 1.807) is 13.0 Å². The third-order valence-electron chi connectivity index (χ3n) is 7.76. The molecule has 1 aromatic rings. The highest BCUT2D eigenvalue weighted by Crippen LogP contribution is 2.35. The van der Waals surface area contributed by atoms with Gasteiger partial charge in [-0.05, 0) is 82.9 Å². The van der Waals surface area contributed by atoms with Gasteiger partial charge in [-0.2, -0.15) is 4.31 Å². The molecule has 0 spiro atoms. The number of carboxylic acids is 1. The minimum absolute atomic E-state index is 0. The molecule has 0 unspecified atom stereocenters. The van der Waals surface area contributed by atoms with Crippen LogP contribution in [0.2, 0.25) is 0 Å². The number of alkyl halides is 2. The van der Waals surface area contributed by atoms with E-state index in [9.17, 15) is 27.1 Å². The van der Waals surface area contributed by atoms with E-state index in [0.717, 1.165) is 43.0 Å². The van der Waals surface area contributed by atoms with E-state index < -0.39 is 28.0 Å². The molecule has 1 aromatic heterocycles. The number of aliphatic carboxylic acids is 1. The number of aromatic nitrogens is 1. The monoisotopic (exact) mass is 565 g/mol. The van der Waals surface area contributed by atoms with Crippen molar-refractivity contribution in [1.29, 1.82) is 0 Å². The van der Waals surface area contributed by atoms with Crippen LogP contribution >= 0.6 is 12.4 Å². The van der Waals surface area contributed by atoms with Crippen molar-refractivity contribution in [2.24, 2.45) is 5.92 Å². The first-order chi connectivity index (χ1) is 17.0. The van der Waals surface area contributed by atoms with Gasteiger partial charge < -0.3 is 15.2 Å². The number of carboxylic acid groups (broad SMARTS) is 1. The number of halogens is 3. The van der Waals surface area contributed by atoms with Gasteiger partial charge in [0, 0.05) is 31.1 Å². The predicted molar refractivity (Wildman–Crippen MR) is 137 cm³/mol. The van der Waals surface area contributed by atoms with Crippen molar-refractivity contribution in [3.8, 4) is 5.88 Å². The number of aryl methyl sites for hydroxylation is 1. The first-order valence-electron chi connectivity index (χ1n) is 13.1. The second-order valence-corrected chi connectivity index (χ2v) is 12.4. The molecule has 4 rings (SSSR count). The summed E-state index contributed by atoms with van der Waals surface area (Å²) in [6.45, 7) is 2.68. The molecule has 2 aliphatic carbocycles. The van der Waals surface area contributed by atoms with Crippen molar-refractivity contribution in [2.75, 3.05) is 13.1 Å². The fourth-order valence-electron chi connectivity index (χ4n) is 5.71. The number of hydrogen-bond acceptors (Lipinski definition) is 6. The molecule has 12 heteroatoms. The standard InChI is InChI=1S/C25H37F2N3O5S.ClH/c1-17-7-8-22(36(33,34)30-15-3-6-21(30)24(31)32)23(29-17)35-20-5-2-4-18(16-20)11-14-28-19-9-12-25(26,27)13-10-19;/h7-8,18-21,28H,2-6,9-16H2,1H3,(H,31,32);1H/t18-,20-,21+;/m1./s1. The summed E-state index contributed by atoms with van der Waals surface area (Å²) in [7, 11) is -4.08.